The van der Waals surface area contributed by atoms with E-state index in [-0.39, 0.29) is 11.6 Å². The van der Waals surface area contributed by atoms with Crippen molar-refractivity contribution in [3.63, 3.8) is 0 Å². The van der Waals surface area contributed by atoms with Gasteiger partial charge in [0.15, 0.2) is 5.78 Å². The lowest BCUT2D eigenvalue weighted by Crippen LogP contribution is -2.26. The van der Waals surface area contributed by atoms with Gasteiger partial charge in [-0.3, -0.25) is 9.59 Å². The number of benzene rings is 2. The van der Waals surface area contributed by atoms with Crippen LogP contribution >= 0.6 is 0 Å². The second-order valence-electron chi connectivity index (χ2n) is 5.58. The molecule has 0 fully saturated rings. The number of fused-ring (bicyclic) bond motifs is 1. The molecule has 0 spiro atoms. The highest BCUT2D eigenvalue weighted by molar-refractivity contribution is 6.24. The largest absolute Gasteiger partial charge is 0.378 e. The van der Waals surface area contributed by atoms with E-state index in [1.165, 1.54) is 11.6 Å². The fraction of sp³-hybridized carbons (Fsp3) is 0.158. The number of carbonyl (C=O) groups is 2. The van der Waals surface area contributed by atoms with Gasteiger partial charge in [0.2, 0.25) is 5.78 Å². The summed E-state index contributed by atoms with van der Waals surface area (Å²) in [6, 6.07) is 13.1. The molecular weight excluding hydrogens is 274 g/mol. The zero-order chi connectivity index (χ0) is 15.7. The number of hydrogen-bond donors (Lipinski definition) is 1. The molecule has 0 radical (unpaired) electrons. The third-order valence-corrected chi connectivity index (χ3v) is 3.93. The normalized spacial score (nSPS) is 13.6. The summed E-state index contributed by atoms with van der Waals surface area (Å²) in [4.78, 5) is 24.6. The highest BCUT2D eigenvalue weighted by Gasteiger charge is 2.24. The third kappa shape index (κ3) is 2.58. The van der Waals surface area contributed by atoms with Crippen LogP contribution in [0.4, 0.5) is 0 Å². The van der Waals surface area contributed by atoms with E-state index in [4.69, 9.17) is 0 Å². The number of aryl methyl sites for hydroxylation is 2. The average molecular weight is 291 g/mol. The summed E-state index contributed by atoms with van der Waals surface area (Å²) in [5.41, 5.74) is 4.77. The number of allylic oxidation sites excluding steroid dienone is 2. The first-order valence-corrected chi connectivity index (χ1v) is 7.26. The van der Waals surface area contributed by atoms with Gasteiger partial charge < -0.3 is 5.32 Å². The van der Waals surface area contributed by atoms with Crippen LogP contribution in [-0.4, -0.2) is 11.6 Å². The Labute approximate surface area is 129 Å². The van der Waals surface area contributed by atoms with E-state index < -0.39 is 0 Å². The van der Waals surface area contributed by atoms with Crippen LogP contribution in [0.5, 0.6) is 0 Å². The quantitative estimate of drug-likeness (QED) is 0.943. The second-order valence-corrected chi connectivity index (χ2v) is 5.58. The highest BCUT2D eigenvalue weighted by Crippen LogP contribution is 2.20. The van der Waals surface area contributed by atoms with E-state index in [0.29, 0.717) is 23.4 Å². The van der Waals surface area contributed by atoms with Gasteiger partial charge in [0.1, 0.15) is 0 Å². The Bertz CT molecular complexity index is 803. The zero-order valence-corrected chi connectivity index (χ0v) is 12.6. The summed E-state index contributed by atoms with van der Waals surface area (Å²) < 4.78 is 0. The number of nitrogens with one attached hydrogen (secondary N) is 1. The van der Waals surface area contributed by atoms with Gasteiger partial charge in [0, 0.05) is 23.7 Å². The minimum atomic E-state index is -0.126. The molecule has 1 aliphatic carbocycles. The molecule has 0 atom stereocenters. The summed E-state index contributed by atoms with van der Waals surface area (Å²) in [6.07, 6.45) is 1.40. The predicted molar refractivity (Wildman–Crippen MR) is 85.9 cm³/mol. The van der Waals surface area contributed by atoms with Crippen molar-refractivity contribution in [1.82, 2.24) is 5.32 Å². The monoisotopic (exact) mass is 291 g/mol. The van der Waals surface area contributed by atoms with Crippen molar-refractivity contribution in [2.75, 3.05) is 0 Å². The minimum Gasteiger partial charge on any atom is -0.378 e. The van der Waals surface area contributed by atoms with Gasteiger partial charge in [-0.15, -0.1) is 0 Å². The molecule has 3 rings (SSSR count). The van der Waals surface area contributed by atoms with E-state index in [0.717, 1.165) is 11.1 Å². The Balaban J connectivity index is 1.83. The van der Waals surface area contributed by atoms with Crippen molar-refractivity contribution in [3.8, 4) is 0 Å². The fourth-order valence-corrected chi connectivity index (χ4v) is 2.63. The third-order valence-electron chi connectivity index (χ3n) is 3.93. The molecular formula is C19H17NO2. The molecule has 1 N–H and O–H groups in total. The fourth-order valence-electron chi connectivity index (χ4n) is 2.63. The van der Waals surface area contributed by atoms with Gasteiger partial charge in [-0.1, -0.05) is 48.0 Å². The van der Waals surface area contributed by atoms with Crippen molar-refractivity contribution in [3.05, 3.63) is 82.1 Å². The first-order chi connectivity index (χ1) is 10.6. The van der Waals surface area contributed by atoms with E-state index in [2.05, 4.69) is 23.5 Å². The molecule has 0 aliphatic heterocycles. The van der Waals surface area contributed by atoms with Crippen LogP contribution in [0.3, 0.4) is 0 Å². The summed E-state index contributed by atoms with van der Waals surface area (Å²) in [6.45, 7) is 4.60. The molecule has 3 nitrogen and oxygen atoms in total. The maximum Gasteiger partial charge on any atom is 0.209 e. The van der Waals surface area contributed by atoms with Gasteiger partial charge in [0.05, 0.1) is 5.70 Å². The van der Waals surface area contributed by atoms with Crippen molar-refractivity contribution in [1.29, 1.82) is 0 Å². The number of hydrogen-bond acceptors (Lipinski definition) is 3. The maximum atomic E-state index is 12.5. The van der Waals surface area contributed by atoms with Crippen molar-refractivity contribution < 1.29 is 9.59 Å². The summed E-state index contributed by atoms with van der Waals surface area (Å²) in [5.74, 6) is -0.251. The second kappa shape index (κ2) is 5.60. The van der Waals surface area contributed by atoms with E-state index in [1.807, 2.05) is 13.8 Å². The Morgan fingerprint density at radius 2 is 1.68 bits per heavy atom. The van der Waals surface area contributed by atoms with Crippen LogP contribution in [0.25, 0.3) is 0 Å². The van der Waals surface area contributed by atoms with Crippen molar-refractivity contribution >= 4 is 11.6 Å². The number of carbonyl (C=O) groups excluding carboxylic acids is 2. The van der Waals surface area contributed by atoms with Gasteiger partial charge in [-0.2, -0.15) is 0 Å². The van der Waals surface area contributed by atoms with Crippen LogP contribution in [0.15, 0.2) is 54.2 Å². The molecule has 3 heteroatoms. The van der Waals surface area contributed by atoms with E-state index in [9.17, 15) is 9.59 Å². The van der Waals surface area contributed by atoms with Gasteiger partial charge in [0.25, 0.3) is 0 Å². The lowest BCUT2D eigenvalue weighted by atomic mass is 9.92. The van der Waals surface area contributed by atoms with Crippen LogP contribution < -0.4 is 5.32 Å². The predicted octanol–water partition coefficient (Wildman–Crippen LogP) is 3.36. The van der Waals surface area contributed by atoms with Crippen molar-refractivity contribution in [2.24, 2.45) is 0 Å². The maximum absolute atomic E-state index is 12.5. The molecule has 2 aromatic rings. The Morgan fingerprint density at radius 1 is 0.955 bits per heavy atom. The SMILES string of the molecule is Cc1ccc(C)c(CNC2=CC(=O)c3ccccc3C2=O)c1. The lowest BCUT2D eigenvalue weighted by molar-refractivity contribution is 0.0978. The lowest BCUT2D eigenvalue weighted by Gasteiger charge is -2.17. The first-order valence-electron chi connectivity index (χ1n) is 7.26. The number of ketones is 2. The standard InChI is InChI=1S/C19H17NO2/c1-12-7-8-13(2)14(9-12)11-20-17-10-18(21)15-5-3-4-6-16(15)19(17)22/h3-10,20H,11H2,1-2H3. The molecule has 0 saturated heterocycles. The summed E-state index contributed by atoms with van der Waals surface area (Å²) in [7, 11) is 0. The van der Waals surface area contributed by atoms with Crippen LogP contribution in [-0.2, 0) is 6.54 Å². The molecule has 110 valence electrons. The zero-order valence-electron chi connectivity index (χ0n) is 12.6. The molecule has 2 aromatic carbocycles. The summed E-state index contributed by atoms with van der Waals surface area (Å²) >= 11 is 0. The molecule has 0 amide bonds. The minimum absolute atomic E-state index is 0.125. The Kier molecular flexibility index (Phi) is 3.63. The smallest absolute Gasteiger partial charge is 0.209 e. The number of Topliss-reactive ketones (excluding diaryl/α,β-unsaturated/α-hetero) is 1. The molecule has 0 aromatic heterocycles. The Hall–Kier alpha value is -2.68. The average Bonchev–Trinajstić information content (AvgIpc) is 2.52. The first kappa shape index (κ1) is 14.3. The van der Waals surface area contributed by atoms with E-state index in [1.54, 1.807) is 24.3 Å². The van der Waals surface area contributed by atoms with Gasteiger partial charge >= 0.3 is 0 Å². The van der Waals surface area contributed by atoms with Crippen LogP contribution in [0, 0.1) is 13.8 Å². The topological polar surface area (TPSA) is 46.2 Å². The molecule has 0 saturated carbocycles. The summed E-state index contributed by atoms with van der Waals surface area (Å²) in [5, 5.41) is 3.12. The van der Waals surface area contributed by atoms with Gasteiger partial charge in [-0.25, -0.2) is 0 Å². The molecule has 22 heavy (non-hydrogen) atoms. The van der Waals surface area contributed by atoms with Crippen molar-refractivity contribution in [2.45, 2.75) is 20.4 Å². The molecule has 0 bridgehead atoms. The highest BCUT2D eigenvalue weighted by atomic mass is 16.1. The van der Waals surface area contributed by atoms with Crippen LogP contribution in [0.1, 0.15) is 37.4 Å². The molecule has 0 unspecified atom stereocenters. The van der Waals surface area contributed by atoms with E-state index >= 15 is 0 Å². The molecule has 0 heterocycles. The van der Waals surface area contributed by atoms with Gasteiger partial charge in [-0.05, 0) is 25.0 Å². The number of rotatable bonds is 3. The Morgan fingerprint density at radius 3 is 2.45 bits per heavy atom. The molecule has 1 aliphatic rings. The van der Waals surface area contributed by atoms with Crippen LogP contribution in [0.2, 0.25) is 0 Å².